The highest BCUT2D eigenvalue weighted by Gasteiger charge is 2.59. The van der Waals surface area contributed by atoms with Crippen molar-refractivity contribution in [2.24, 2.45) is 0 Å². The Morgan fingerprint density at radius 3 is 2.48 bits per heavy atom. The number of nitrogens with one attached hydrogen (secondary N) is 1. The Balaban J connectivity index is 1.38. The lowest BCUT2D eigenvalue weighted by Crippen LogP contribution is -2.70. The first-order valence-electron chi connectivity index (χ1n) is 10.4. The van der Waals surface area contributed by atoms with E-state index in [1.807, 2.05) is 36.4 Å². The number of ether oxygens (including phenoxy) is 3. The molecule has 2 aliphatic heterocycles. The number of carbonyl (C=O) groups excluding carboxylic acids is 3. The molecule has 9 heteroatoms. The summed E-state index contributed by atoms with van der Waals surface area (Å²) in [5.74, 6) is -0.685. The van der Waals surface area contributed by atoms with E-state index in [0.717, 1.165) is 5.56 Å². The topological polar surface area (TPSA) is 94.2 Å². The summed E-state index contributed by atoms with van der Waals surface area (Å²) in [4.78, 5) is 40.2. The van der Waals surface area contributed by atoms with Crippen molar-refractivity contribution in [3.8, 4) is 5.75 Å². The number of nitrogens with zero attached hydrogens (tertiary/aromatic N) is 1. The van der Waals surface area contributed by atoms with Gasteiger partial charge in [0.05, 0.1) is 6.61 Å². The number of thioether (sulfide) groups is 1. The van der Waals surface area contributed by atoms with E-state index < -0.39 is 29.3 Å². The summed E-state index contributed by atoms with van der Waals surface area (Å²) in [5, 5.41) is 2.32. The molecule has 0 spiro atoms. The highest BCUT2D eigenvalue weighted by molar-refractivity contribution is 8.04. The van der Waals surface area contributed by atoms with Gasteiger partial charge in [-0.15, -0.1) is 11.8 Å². The van der Waals surface area contributed by atoms with Crippen LogP contribution in [0.3, 0.4) is 0 Å². The van der Waals surface area contributed by atoms with Crippen LogP contribution in [0.15, 0.2) is 71.6 Å². The van der Waals surface area contributed by atoms with E-state index >= 15 is 0 Å². The number of rotatable bonds is 9. The molecule has 0 aliphatic carbocycles. The second-order valence-corrected chi connectivity index (χ2v) is 8.65. The Hall–Kier alpha value is -3.30. The number of methoxy groups -OCH3 is 1. The Morgan fingerprint density at radius 1 is 1.09 bits per heavy atom. The van der Waals surface area contributed by atoms with Crippen molar-refractivity contribution in [3.63, 3.8) is 0 Å². The third kappa shape index (κ3) is 5.20. The van der Waals surface area contributed by atoms with Crippen LogP contribution in [0.25, 0.3) is 0 Å². The fraction of sp³-hybridized carbons (Fsp3) is 0.292. The number of hydrogen-bond acceptors (Lipinski definition) is 7. The molecule has 2 aromatic rings. The zero-order chi connectivity index (χ0) is 23.2. The first kappa shape index (κ1) is 22.9. The summed E-state index contributed by atoms with van der Waals surface area (Å²) >= 11 is 1.36. The van der Waals surface area contributed by atoms with Crippen molar-refractivity contribution >= 4 is 29.5 Å². The molecule has 0 radical (unpaired) electrons. The highest BCUT2D eigenvalue weighted by atomic mass is 32.2. The summed E-state index contributed by atoms with van der Waals surface area (Å²) in [6.45, 7) is 0.198. The van der Waals surface area contributed by atoms with Crippen molar-refractivity contribution in [1.82, 2.24) is 10.2 Å². The van der Waals surface area contributed by atoms with Crippen LogP contribution in [0.2, 0.25) is 0 Å². The van der Waals surface area contributed by atoms with Gasteiger partial charge in [0.15, 0.2) is 12.6 Å². The molecule has 0 saturated carbocycles. The molecular weight excluding hydrogens is 444 g/mol. The molecule has 172 valence electrons. The molecule has 3 atom stereocenters. The zero-order valence-corrected chi connectivity index (χ0v) is 18.8. The van der Waals surface area contributed by atoms with Crippen molar-refractivity contribution in [1.29, 1.82) is 0 Å². The maximum Gasteiger partial charge on any atom is 0.334 e. The molecule has 2 heterocycles. The lowest BCUT2D eigenvalue weighted by Gasteiger charge is -2.43. The second kappa shape index (κ2) is 10.5. The monoisotopic (exact) mass is 468 g/mol. The molecule has 2 amide bonds. The quantitative estimate of drug-likeness (QED) is 0.445. The molecule has 0 unspecified atom stereocenters. The van der Waals surface area contributed by atoms with Gasteiger partial charge in [-0.2, -0.15) is 0 Å². The minimum atomic E-state index is -0.847. The van der Waals surface area contributed by atoms with Crippen LogP contribution >= 0.6 is 11.8 Å². The van der Waals surface area contributed by atoms with Gasteiger partial charge in [-0.3, -0.25) is 9.59 Å². The standard InChI is InChI=1S/C24H24N2O6S/c1-30-13-12-18-21(24(29)32-14-16-8-4-2-5-9-16)26-22(28)20(23(26)33-18)25-19(27)15-31-17-10-6-3-7-11-17/h2-12,20-21,23H,13-15H2,1H3,(H,25,27)/t20-,21+,23-/m1/s1. The maximum absolute atomic E-state index is 12.9. The molecule has 0 aromatic heterocycles. The lowest BCUT2D eigenvalue weighted by atomic mass is 10.0. The molecular formula is C24H24N2O6S. The van der Waals surface area contributed by atoms with E-state index in [4.69, 9.17) is 14.2 Å². The molecule has 2 fully saturated rings. The predicted octanol–water partition coefficient (Wildman–Crippen LogP) is 2.11. The fourth-order valence-corrected chi connectivity index (χ4v) is 5.04. The van der Waals surface area contributed by atoms with Crippen molar-refractivity contribution in [3.05, 3.63) is 77.2 Å². The maximum atomic E-state index is 12.9. The van der Waals surface area contributed by atoms with Gasteiger partial charge in [0, 0.05) is 12.0 Å². The third-order valence-electron chi connectivity index (χ3n) is 5.21. The second-order valence-electron chi connectivity index (χ2n) is 7.46. The normalized spacial score (nSPS) is 22.5. The molecule has 2 saturated heterocycles. The van der Waals surface area contributed by atoms with E-state index in [1.165, 1.54) is 16.7 Å². The zero-order valence-electron chi connectivity index (χ0n) is 18.0. The smallest absolute Gasteiger partial charge is 0.334 e. The molecule has 4 rings (SSSR count). The summed E-state index contributed by atoms with van der Waals surface area (Å²) in [5.41, 5.74) is 0.856. The molecule has 8 nitrogen and oxygen atoms in total. The Kier molecular flexibility index (Phi) is 7.31. The molecule has 33 heavy (non-hydrogen) atoms. The van der Waals surface area contributed by atoms with Crippen LogP contribution in [0.4, 0.5) is 0 Å². The Morgan fingerprint density at radius 2 is 1.79 bits per heavy atom. The summed E-state index contributed by atoms with van der Waals surface area (Å²) in [6.07, 6.45) is 1.77. The highest BCUT2D eigenvalue weighted by Crippen LogP contribution is 2.47. The minimum absolute atomic E-state index is 0.113. The van der Waals surface area contributed by atoms with E-state index in [9.17, 15) is 14.4 Å². The van der Waals surface area contributed by atoms with Gasteiger partial charge < -0.3 is 24.4 Å². The summed E-state index contributed by atoms with van der Waals surface area (Å²) < 4.78 is 16.1. The number of β-lactam (4-membered cyclic amide) rings is 1. The van der Waals surface area contributed by atoms with E-state index in [0.29, 0.717) is 17.3 Å². The van der Waals surface area contributed by atoms with Gasteiger partial charge in [-0.1, -0.05) is 48.5 Å². The van der Waals surface area contributed by atoms with Crippen LogP contribution in [-0.2, 0) is 30.5 Å². The van der Waals surface area contributed by atoms with Gasteiger partial charge in [0.1, 0.15) is 23.8 Å². The average Bonchev–Trinajstić information content (AvgIpc) is 3.20. The van der Waals surface area contributed by atoms with Crippen LogP contribution in [0, 0.1) is 0 Å². The number of fused-ring (bicyclic) bond motifs is 1. The lowest BCUT2D eigenvalue weighted by molar-refractivity contribution is -0.162. The van der Waals surface area contributed by atoms with E-state index in [1.54, 1.807) is 37.5 Å². The first-order chi connectivity index (χ1) is 16.1. The largest absolute Gasteiger partial charge is 0.484 e. The van der Waals surface area contributed by atoms with E-state index in [2.05, 4.69) is 5.32 Å². The van der Waals surface area contributed by atoms with E-state index in [-0.39, 0.29) is 19.1 Å². The first-order valence-corrected chi connectivity index (χ1v) is 11.3. The Labute approximate surface area is 195 Å². The molecule has 0 bridgehead atoms. The number of benzene rings is 2. The van der Waals surface area contributed by atoms with Gasteiger partial charge in [-0.05, 0) is 23.8 Å². The van der Waals surface area contributed by atoms with Crippen LogP contribution in [0.5, 0.6) is 5.75 Å². The summed E-state index contributed by atoms with van der Waals surface area (Å²) in [7, 11) is 1.55. The van der Waals surface area contributed by atoms with Crippen LogP contribution in [0.1, 0.15) is 5.56 Å². The van der Waals surface area contributed by atoms with Gasteiger partial charge >= 0.3 is 5.97 Å². The predicted molar refractivity (Wildman–Crippen MR) is 122 cm³/mol. The SMILES string of the molecule is COCC=C1S[C@@H]2[C@H](NC(=O)COc3ccccc3)C(=O)N2[C@@H]1C(=O)OCc1ccccc1. The van der Waals surface area contributed by atoms with Crippen molar-refractivity contribution in [2.45, 2.75) is 24.1 Å². The molecule has 1 N–H and O–H groups in total. The van der Waals surface area contributed by atoms with Gasteiger partial charge in [0.25, 0.3) is 5.91 Å². The molecule has 2 aliphatic rings. The average molecular weight is 469 g/mol. The minimum Gasteiger partial charge on any atom is -0.484 e. The van der Waals surface area contributed by atoms with Crippen molar-refractivity contribution < 1.29 is 28.6 Å². The summed E-state index contributed by atoms with van der Waals surface area (Å²) in [6, 6.07) is 16.7. The van der Waals surface area contributed by atoms with Gasteiger partial charge in [-0.25, -0.2) is 4.79 Å². The number of carbonyl (C=O) groups is 3. The number of hydrogen-bond donors (Lipinski definition) is 1. The third-order valence-corrected chi connectivity index (χ3v) is 6.62. The number of para-hydroxylation sites is 1. The molecule has 2 aromatic carbocycles. The Bertz CT molecular complexity index is 1030. The van der Waals surface area contributed by atoms with Crippen molar-refractivity contribution in [2.75, 3.05) is 20.3 Å². The van der Waals surface area contributed by atoms with Crippen LogP contribution in [-0.4, -0.2) is 60.5 Å². The van der Waals surface area contributed by atoms with Gasteiger partial charge in [0.2, 0.25) is 5.91 Å². The fourth-order valence-electron chi connectivity index (χ4n) is 3.60. The number of esters is 1. The number of amides is 2. The van der Waals surface area contributed by atoms with Crippen LogP contribution < -0.4 is 10.1 Å².